The molecule has 1 atom stereocenters. The molecule has 0 aliphatic carbocycles. The lowest BCUT2D eigenvalue weighted by Crippen LogP contribution is -2.42. The van der Waals surface area contributed by atoms with Crippen molar-refractivity contribution >= 4 is 23.5 Å². The number of hydrogen-bond acceptors (Lipinski definition) is 6. The van der Waals surface area contributed by atoms with E-state index < -0.39 is 23.4 Å². The molecule has 5 nitrogen and oxygen atoms in total. The highest BCUT2D eigenvalue weighted by atomic mass is 32.2. The maximum absolute atomic E-state index is 11.6. The highest BCUT2D eigenvalue weighted by Crippen LogP contribution is 2.09. The molecular formula is C10H19NO4S. The van der Waals surface area contributed by atoms with Crippen LogP contribution in [0.3, 0.4) is 0 Å². The summed E-state index contributed by atoms with van der Waals surface area (Å²) < 4.78 is 4.92. The third-order valence-corrected chi connectivity index (χ3v) is 2.33. The fourth-order valence-corrected chi connectivity index (χ4v) is 1.43. The summed E-state index contributed by atoms with van der Waals surface area (Å²) in [6, 6.07) is -0.887. The van der Waals surface area contributed by atoms with Crippen LogP contribution in [0.5, 0.6) is 0 Å². The van der Waals surface area contributed by atoms with Crippen LogP contribution in [0, 0.1) is 0 Å². The van der Waals surface area contributed by atoms with Crippen molar-refractivity contribution in [2.75, 3.05) is 12.0 Å². The Kier molecular flexibility index (Phi) is 6.62. The Balaban J connectivity index is 4.33. The van der Waals surface area contributed by atoms with Gasteiger partial charge in [-0.2, -0.15) is 17.2 Å². The molecule has 0 fully saturated rings. The van der Waals surface area contributed by atoms with Gasteiger partial charge in [-0.1, -0.05) is 0 Å². The number of ketones is 1. The summed E-state index contributed by atoms with van der Waals surface area (Å²) in [6.07, 6.45) is 2.27. The van der Waals surface area contributed by atoms with Gasteiger partial charge in [0.25, 0.3) is 5.78 Å². The fourth-order valence-electron chi connectivity index (χ4n) is 0.961. The average molecular weight is 249 g/mol. The molecule has 0 aliphatic rings. The van der Waals surface area contributed by atoms with Crippen LogP contribution in [0.1, 0.15) is 27.2 Å². The van der Waals surface area contributed by atoms with Gasteiger partial charge in [-0.15, -0.1) is 0 Å². The van der Waals surface area contributed by atoms with Crippen molar-refractivity contribution in [1.82, 2.24) is 5.48 Å². The van der Waals surface area contributed by atoms with Crippen LogP contribution in [-0.4, -0.2) is 40.6 Å². The van der Waals surface area contributed by atoms with E-state index >= 15 is 0 Å². The van der Waals surface area contributed by atoms with E-state index in [2.05, 4.69) is 0 Å². The maximum atomic E-state index is 11.6. The summed E-state index contributed by atoms with van der Waals surface area (Å²) in [5.41, 5.74) is 1.14. The first-order chi connectivity index (χ1) is 7.31. The zero-order valence-corrected chi connectivity index (χ0v) is 10.9. The van der Waals surface area contributed by atoms with Gasteiger partial charge in [-0.25, -0.2) is 4.79 Å². The number of nitrogens with one attached hydrogen (secondary N) is 1. The van der Waals surface area contributed by atoms with Crippen LogP contribution in [-0.2, 0) is 14.3 Å². The van der Waals surface area contributed by atoms with Crippen molar-refractivity contribution in [3.05, 3.63) is 0 Å². The van der Waals surface area contributed by atoms with E-state index in [0.29, 0.717) is 12.2 Å². The number of ether oxygens (including phenoxy) is 1. The Bertz CT molecular complexity index is 250. The first-order valence-corrected chi connectivity index (χ1v) is 6.37. The van der Waals surface area contributed by atoms with Crippen LogP contribution in [0.15, 0.2) is 0 Å². The molecule has 16 heavy (non-hydrogen) atoms. The molecule has 0 unspecified atom stereocenters. The number of thioether (sulfide) groups is 1. The molecule has 0 saturated heterocycles. The molecule has 0 radical (unpaired) electrons. The number of carbonyl (C=O) groups is 2. The molecule has 0 bridgehead atoms. The highest BCUT2D eigenvalue weighted by Gasteiger charge is 2.29. The summed E-state index contributed by atoms with van der Waals surface area (Å²) in [5.74, 6) is -0.987. The standard InChI is InChI=1S/C10H19NO4S/c1-10(2,3)15-9(13)8(12)7(11-14)5-6-16-4/h7,11,14H,5-6H2,1-4H3/t7-/m0/s1. The van der Waals surface area contributed by atoms with E-state index in [1.54, 1.807) is 20.8 Å². The molecule has 0 aromatic rings. The molecule has 0 rings (SSSR count). The van der Waals surface area contributed by atoms with Gasteiger partial charge in [0, 0.05) is 0 Å². The molecule has 6 heteroatoms. The van der Waals surface area contributed by atoms with Gasteiger partial charge in [-0.3, -0.25) is 4.79 Å². The lowest BCUT2D eigenvalue weighted by Gasteiger charge is -2.20. The summed E-state index contributed by atoms with van der Waals surface area (Å²) in [7, 11) is 0. The van der Waals surface area contributed by atoms with E-state index in [9.17, 15) is 9.59 Å². The molecule has 0 aliphatic heterocycles. The van der Waals surface area contributed by atoms with Crippen LogP contribution < -0.4 is 5.48 Å². The summed E-state index contributed by atoms with van der Waals surface area (Å²) in [5, 5.41) is 8.78. The van der Waals surface area contributed by atoms with Gasteiger partial charge < -0.3 is 9.94 Å². The largest absolute Gasteiger partial charge is 0.454 e. The molecule has 2 N–H and O–H groups in total. The summed E-state index contributed by atoms with van der Waals surface area (Å²) in [4.78, 5) is 22.9. The predicted molar refractivity (Wildman–Crippen MR) is 62.6 cm³/mol. The van der Waals surface area contributed by atoms with E-state index in [4.69, 9.17) is 9.94 Å². The predicted octanol–water partition coefficient (Wildman–Crippen LogP) is 0.998. The molecule has 0 aromatic carbocycles. The lowest BCUT2D eigenvalue weighted by molar-refractivity contribution is -0.164. The highest BCUT2D eigenvalue weighted by molar-refractivity contribution is 7.98. The van der Waals surface area contributed by atoms with E-state index in [-0.39, 0.29) is 0 Å². The number of hydroxylamine groups is 1. The molecule has 0 amide bonds. The molecular weight excluding hydrogens is 230 g/mol. The number of esters is 1. The normalized spacial score (nSPS) is 13.3. The van der Waals surface area contributed by atoms with Crippen molar-refractivity contribution in [3.8, 4) is 0 Å². The SMILES string of the molecule is CSCC[C@H](NO)C(=O)C(=O)OC(C)(C)C. The smallest absolute Gasteiger partial charge is 0.376 e. The zero-order valence-electron chi connectivity index (χ0n) is 10.1. The van der Waals surface area contributed by atoms with Gasteiger partial charge >= 0.3 is 5.97 Å². The first-order valence-electron chi connectivity index (χ1n) is 4.97. The van der Waals surface area contributed by atoms with Crippen molar-refractivity contribution < 1.29 is 19.5 Å². The third-order valence-electron chi connectivity index (χ3n) is 1.68. The second kappa shape index (κ2) is 6.88. The Labute approximate surface area is 99.9 Å². The van der Waals surface area contributed by atoms with Crippen LogP contribution in [0.4, 0.5) is 0 Å². The van der Waals surface area contributed by atoms with Crippen molar-refractivity contribution in [3.63, 3.8) is 0 Å². The van der Waals surface area contributed by atoms with Crippen LogP contribution in [0.25, 0.3) is 0 Å². The van der Waals surface area contributed by atoms with Crippen molar-refractivity contribution in [2.24, 2.45) is 0 Å². The molecule has 0 heterocycles. The van der Waals surface area contributed by atoms with Gasteiger partial charge in [0.2, 0.25) is 0 Å². The molecule has 0 aromatic heterocycles. The second-order valence-corrected chi connectivity index (χ2v) is 5.31. The van der Waals surface area contributed by atoms with Crippen LogP contribution in [0.2, 0.25) is 0 Å². The molecule has 94 valence electrons. The van der Waals surface area contributed by atoms with Gasteiger partial charge in [0.15, 0.2) is 0 Å². The Hall–Kier alpha value is -0.590. The number of rotatable bonds is 6. The minimum absolute atomic E-state index is 0.385. The maximum Gasteiger partial charge on any atom is 0.376 e. The fraction of sp³-hybridized carbons (Fsp3) is 0.800. The van der Waals surface area contributed by atoms with E-state index in [1.165, 1.54) is 11.8 Å². The Morgan fingerprint density at radius 2 is 2.00 bits per heavy atom. The van der Waals surface area contributed by atoms with Gasteiger partial charge in [0.1, 0.15) is 11.6 Å². The van der Waals surface area contributed by atoms with E-state index in [1.807, 2.05) is 11.7 Å². The number of carbonyl (C=O) groups excluding carboxylic acids is 2. The van der Waals surface area contributed by atoms with Crippen LogP contribution >= 0.6 is 11.8 Å². The molecule has 0 saturated carbocycles. The first kappa shape index (κ1) is 15.4. The topological polar surface area (TPSA) is 75.6 Å². The summed E-state index contributed by atoms with van der Waals surface area (Å²) in [6.45, 7) is 5.05. The Morgan fingerprint density at radius 1 is 1.44 bits per heavy atom. The third kappa shape index (κ3) is 6.09. The number of Topliss-reactive ketones (excluding diaryl/α,β-unsaturated/α-hetero) is 1. The van der Waals surface area contributed by atoms with Crippen molar-refractivity contribution in [1.29, 1.82) is 0 Å². The average Bonchev–Trinajstić information content (AvgIpc) is 2.16. The zero-order chi connectivity index (χ0) is 12.8. The van der Waals surface area contributed by atoms with Crippen molar-refractivity contribution in [2.45, 2.75) is 38.8 Å². The number of hydrogen-bond donors (Lipinski definition) is 2. The molecule has 0 spiro atoms. The minimum Gasteiger partial charge on any atom is -0.454 e. The van der Waals surface area contributed by atoms with Gasteiger partial charge in [0.05, 0.1) is 0 Å². The minimum atomic E-state index is -0.917. The monoisotopic (exact) mass is 249 g/mol. The van der Waals surface area contributed by atoms with Gasteiger partial charge in [-0.05, 0) is 39.2 Å². The lowest BCUT2D eigenvalue weighted by atomic mass is 10.1. The summed E-state index contributed by atoms with van der Waals surface area (Å²) >= 11 is 1.53. The second-order valence-electron chi connectivity index (χ2n) is 4.33. The van der Waals surface area contributed by atoms with E-state index in [0.717, 1.165) is 0 Å². The Morgan fingerprint density at radius 3 is 2.38 bits per heavy atom. The quantitative estimate of drug-likeness (QED) is 0.415.